The number of rotatable bonds is 14. The molecule has 0 aromatic heterocycles. The fraction of sp³-hybridized carbons (Fsp3) is 0.800. The minimum absolute atomic E-state index is 0.107. The molecule has 0 saturated carbocycles. The molecule has 0 radical (unpaired) electrons. The van der Waals surface area contributed by atoms with Crippen molar-refractivity contribution in [1.29, 1.82) is 0 Å². The molecule has 0 heterocycles. The lowest BCUT2D eigenvalue weighted by Gasteiger charge is -2.25. The second-order valence-corrected chi connectivity index (χ2v) is 8.38. The molecule has 10 heteroatoms. The number of carboxylic acids is 1. The summed E-state index contributed by atoms with van der Waals surface area (Å²) in [5.74, 6) is -2.93. The van der Waals surface area contributed by atoms with Crippen LogP contribution in [0.1, 0.15) is 60.3 Å². The van der Waals surface area contributed by atoms with Crippen LogP contribution in [0.4, 0.5) is 0 Å². The number of hydrogen-bond acceptors (Lipinski definition) is 6. The Morgan fingerprint density at radius 2 is 1.47 bits per heavy atom. The van der Waals surface area contributed by atoms with E-state index >= 15 is 0 Å². The molecule has 10 nitrogen and oxygen atoms in total. The lowest BCUT2D eigenvalue weighted by molar-refractivity contribution is -0.143. The van der Waals surface area contributed by atoms with E-state index in [1.54, 1.807) is 13.8 Å². The molecule has 0 spiro atoms. The lowest BCUT2D eigenvalue weighted by atomic mass is 10.0. The van der Waals surface area contributed by atoms with Gasteiger partial charge in [-0.1, -0.05) is 34.1 Å². The van der Waals surface area contributed by atoms with Crippen LogP contribution in [0, 0.1) is 11.8 Å². The number of nitrogens with one attached hydrogen (secondary N) is 3. The van der Waals surface area contributed by atoms with E-state index in [1.807, 2.05) is 13.8 Å². The molecule has 0 aromatic rings. The van der Waals surface area contributed by atoms with Gasteiger partial charge in [-0.3, -0.25) is 14.4 Å². The lowest BCUT2D eigenvalue weighted by Crippen LogP contribution is -2.57. The number of aliphatic carboxylic acids is 1. The third-order valence-electron chi connectivity index (χ3n) is 4.63. The summed E-state index contributed by atoms with van der Waals surface area (Å²) in [5.41, 5.74) is 11.3. The predicted molar refractivity (Wildman–Crippen MR) is 114 cm³/mol. The van der Waals surface area contributed by atoms with Gasteiger partial charge < -0.3 is 32.5 Å². The van der Waals surface area contributed by atoms with Gasteiger partial charge in [-0.25, -0.2) is 4.79 Å². The smallest absolute Gasteiger partial charge is 0.326 e. The zero-order valence-electron chi connectivity index (χ0n) is 18.7. The van der Waals surface area contributed by atoms with Crippen LogP contribution in [0.15, 0.2) is 0 Å². The maximum absolute atomic E-state index is 12.7. The van der Waals surface area contributed by atoms with Crippen molar-refractivity contribution in [3.8, 4) is 0 Å². The first-order valence-electron chi connectivity index (χ1n) is 10.5. The van der Waals surface area contributed by atoms with E-state index < -0.39 is 47.9 Å². The molecule has 174 valence electrons. The maximum Gasteiger partial charge on any atom is 0.326 e. The average Bonchev–Trinajstić information content (AvgIpc) is 2.64. The maximum atomic E-state index is 12.7. The molecule has 4 unspecified atom stereocenters. The van der Waals surface area contributed by atoms with Crippen LogP contribution in [0.3, 0.4) is 0 Å². The average molecular weight is 430 g/mol. The summed E-state index contributed by atoms with van der Waals surface area (Å²) in [5, 5.41) is 16.8. The molecule has 3 amide bonds. The van der Waals surface area contributed by atoms with Crippen molar-refractivity contribution in [1.82, 2.24) is 16.0 Å². The molecule has 4 atom stereocenters. The summed E-state index contributed by atoms with van der Waals surface area (Å²) in [6.07, 6.45) is 2.30. The normalized spacial score (nSPS) is 15.2. The molecule has 8 N–H and O–H groups in total. The molecule has 0 rings (SSSR count). The van der Waals surface area contributed by atoms with Gasteiger partial charge in [-0.2, -0.15) is 0 Å². The van der Waals surface area contributed by atoms with E-state index in [2.05, 4.69) is 16.0 Å². The molecule has 0 saturated heterocycles. The van der Waals surface area contributed by atoms with Gasteiger partial charge in [0.1, 0.15) is 18.1 Å². The summed E-state index contributed by atoms with van der Waals surface area (Å²) in [4.78, 5) is 48.6. The fourth-order valence-electron chi connectivity index (χ4n) is 2.79. The van der Waals surface area contributed by atoms with Crippen LogP contribution in [0.25, 0.3) is 0 Å². The summed E-state index contributed by atoms with van der Waals surface area (Å²) < 4.78 is 0. The van der Waals surface area contributed by atoms with Crippen LogP contribution < -0.4 is 27.4 Å². The zero-order chi connectivity index (χ0) is 23.4. The highest BCUT2D eigenvalue weighted by atomic mass is 16.4. The van der Waals surface area contributed by atoms with Crippen molar-refractivity contribution < 1.29 is 24.3 Å². The Kier molecular flexibility index (Phi) is 12.9. The largest absolute Gasteiger partial charge is 0.480 e. The van der Waals surface area contributed by atoms with Crippen LogP contribution in [-0.2, 0) is 19.2 Å². The Morgan fingerprint density at radius 1 is 0.867 bits per heavy atom. The highest BCUT2D eigenvalue weighted by Crippen LogP contribution is 2.07. The van der Waals surface area contributed by atoms with Gasteiger partial charge in [0.05, 0.1) is 6.04 Å². The van der Waals surface area contributed by atoms with Gasteiger partial charge in [0.25, 0.3) is 0 Å². The summed E-state index contributed by atoms with van der Waals surface area (Å²) >= 11 is 0. The SMILES string of the molecule is CC(C)CC(NC(=O)C(N)CCCCN)C(=O)NC(C)C(=O)NC(C(=O)O)C(C)C. The molecule has 0 aliphatic carbocycles. The number of nitrogens with two attached hydrogens (primary N) is 2. The Labute approximate surface area is 178 Å². The third kappa shape index (κ3) is 10.5. The predicted octanol–water partition coefficient (Wildman–Crippen LogP) is -0.296. The van der Waals surface area contributed by atoms with Crippen molar-refractivity contribution in [2.24, 2.45) is 23.3 Å². The summed E-state index contributed by atoms with van der Waals surface area (Å²) in [7, 11) is 0. The van der Waals surface area contributed by atoms with E-state index in [-0.39, 0.29) is 11.8 Å². The Balaban J connectivity index is 4.99. The second kappa shape index (κ2) is 13.9. The number of amides is 3. The molecule has 30 heavy (non-hydrogen) atoms. The first-order valence-corrected chi connectivity index (χ1v) is 10.5. The molecule has 0 aromatic carbocycles. The first-order chi connectivity index (χ1) is 13.9. The van der Waals surface area contributed by atoms with Crippen molar-refractivity contribution in [3.05, 3.63) is 0 Å². The van der Waals surface area contributed by atoms with E-state index in [4.69, 9.17) is 11.5 Å². The minimum atomic E-state index is -1.15. The number of carbonyl (C=O) groups is 4. The highest BCUT2D eigenvalue weighted by molar-refractivity contribution is 5.93. The Hall–Kier alpha value is -2.20. The van der Waals surface area contributed by atoms with Gasteiger partial charge in [0, 0.05) is 0 Å². The third-order valence-corrected chi connectivity index (χ3v) is 4.63. The van der Waals surface area contributed by atoms with Crippen LogP contribution in [-0.4, -0.2) is 59.5 Å². The first kappa shape index (κ1) is 27.8. The second-order valence-electron chi connectivity index (χ2n) is 8.38. The van der Waals surface area contributed by atoms with E-state index in [9.17, 15) is 24.3 Å². The van der Waals surface area contributed by atoms with Crippen LogP contribution in [0.5, 0.6) is 0 Å². The monoisotopic (exact) mass is 429 g/mol. The molecular weight excluding hydrogens is 390 g/mol. The topological polar surface area (TPSA) is 177 Å². The van der Waals surface area contributed by atoms with Crippen molar-refractivity contribution in [2.45, 2.75) is 84.5 Å². The van der Waals surface area contributed by atoms with Crippen LogP contribution >= 0.6 is 0 Å². The molecule has 0 aliphatic rings. The van der Waals surface area contributed by atoms with E-state index in [0.717, 1.165) is 6.42 Å². The zero-order valence-corrected chi connectivity index (χ0v) is 18.7. The number of hydrogen-bond donors (Lipinski definition) is 6. The number of carboxylic acid groups (broad SMARTS) is 1. The van der Waals surface area contributed by atoms with Crippen molar-refractivity contribution in [2.75, 3.05) is 6.54 Å². The Morgan fingerprint density at radius 3 is 1.93 bits per heavy atom. The van der Waals surface area contributed by atoms with Gasteiger partial charge in [0.2, 0.25) is 17.7 Å². The Bertz CT molecular complexity index is 582. The minimum Gasteiger partial charge on any atom is -0.480 e. The number of carbonyl (C=O) groups excluding carboxylic acids is 3. The standard InChI is InChI=1S/C20H39N5O5/c1-11(2)10-15(24-18(27)14(22)8-6-7-9-21)19(28)23-13(5)17(26)25-16(12(3)4)20(29)30/h11-16H,6-10,21-22H2,1-5H3,(H,23,28)(H,24,27)(H,25,26)(H,29,30). The van der Waals surface area contributed by atoms with Gasteiger partial charge in [-0.05, 0) is 44.6 Å². The van der Waals surface area contributed by atoms with Gasteiger partial charge in [0.15, 0.2) is 0 Å². The fourth-order valence-corrected chi connectivity index (χ4v) is 2.79. The molecule has 0 bridgehead atoms. The molecular formula is C20H39N5O5. The molecule has 0 aliphatic heterocycles. The van der Waals surface area contributed by atoms with Crippen molar-refractivity contribution in [3.63, 3.8) is 0 Å². The van der Waals surface area contributed by atoms with Gasteiger partial charge in [-0.15, -0.1) is 0 Å². The quantitative estimate of drug-likeness (QED) is 0.205. The van der Waals surface area contributed by atoms with Gasteiger partial charge >= 0.3 is 5.97 Å². The van der Waals surface area contributed by atoms with Crippen LogP contribution in [0.2, 0.25) is 0 Å². The van der Waals surface area contributed by atoms with E-state index in [0.29, 0.717) is 25.8 Å². The highest BCUT2D eigenvalue weighted by Gasteiger charge is 2.29. The molecule has 0 fully saturated rings. The summed E-state index contributed by atoms with van der Waals surface area (Å²) in [6.45, 7) is 9.14. The van der Waals surface area contributed by atoms with Crippen molar-refractivity contribution >= 4 is 23.7 Å². The number of unbranched alkanes of at least 4 members (excludes halogenated alkanes) is 1. The van der Waals surface area contributed by atoms with E-state index in [1.165, 1.54) is 6.92 Å². The summed E-state index contributed by atoms with van der Waals surface area (Å²) in [6, 6.07) is -3.63.